The smallest absolute Gasteiger partial charge is 0.0697 e. The standard InChI is InChI=1S/C19H38NP/c1-3-4-5-6-7-8-9-10-11-12-13-14-15-16-17-21-19(2)18-20/h19,21H,3-17H2,1-2H3. The van der Waals surface area contributed by atoms with Crippen molar-refractivity contribution < 1.29 is 0 Å². The molecule has 0 heterocycles. The van der Waals surface area contributed by atoms with Crippen LogP contribution < -0.4 is 0 Å². The normalized spacial score (nSPS) is 12.8. The molecular weight excluding hydrogens is 273 g/mol. The zero-order chi connectivity index (χ0) is 15.6. The highest BCUT2D eigenvalue weighted by Gasteiger charge is 1.98. The molecule has 0 aliphatic rings. The largest absolute Gasteiger partial charge is 0.198 e. The molecule has 1 nitrogen and oxygen atoms in total. The van der Waals surface area contributed by atoms with Gasteiger partial charge < -0.3 is 0 Å². The minimum atomic E-state index is 0.284. The average Bonchev–Trinajstić information content (AvgIpc) is 2.50. The molecule has 0 fully saturated rings. The summed E-state index contributed by atoms with van der Waals surface area (Å²) in [7, 11) is 0.856. The van der Waals surface area contributed by atoms with Crippen molar-refractivity contribution in [1.29, 1.82) is 5.26 Å². The van der Waals surface area contributed by atoms with Crippen LogP contribution in [-0.4, -0.2) is 11.8 Å². The molecule has 0 aromatic carbocycles. The number of hydrogen-bond acceptors (Lipinski definition) is 1. The topological polar surface area (TPSA) is 23.8 Å². The van der Waals surface area contributed by atoms with E-state index < -0.39 is 0 Å². The van der Waals surface area contributed by atoms with Crippen molar-refractivity contribution in [1.82, 2.24) is 0 Å². The Morgan fingerprint density at radius 1 is 0.714 bits per heavy atom. The van der Waals surface area contributed by atoms with Crippen LogP contribution in [0.25, 0.3) is 0 Å². The van der Waals surface area contributed by atoms with Crippen LogP contribution in [0.4, 0.5) is 0 Å². The lowest BCUT2D eigenvalue weighted by Gasteiger charge is -2.04. The highest BCUT2D eigenvalue weighted by Crippen LogP contribution is 2.20. The molecule has 0 saturated heterocycles. The Bertz CT molecular complexity index is 234. The summed E-state index contributed by atoms with van der Waals surface area (Å²) in [6, 6.07) is 2.33. The van der Waals surface area contributed by atoms with Gasteiger partial charge in [-0.2, -0.15) is 5.26 Å². The fourth-order valence-electron chi connectivity index (χ4n) is 2.68. The van der Waals surface area contributed by atoms with Crippen LogP contribution in [0.5, 0.6) is 0 Å². The maximum absolute atomic E-state index is 8.71. The monoisotopic (exact) mass is 311 g/mol. The Morgan fingerprint density at radius 2 is 1.10 bits per heavy atom. The first-order valence-electron chi connectivity index (χ1n) is 9.44. The molecule has 0 radical (unpaired) electrons. The summed E-state index contributed by atoms with van der Waals surface area (Å²) >= 11 is 0. The van der Waals surface area contributed by atoms with Crippen LogP contribution >= 0.6 is 8.58 Å². The van der Waals surface area contributed by atoms with Crippen LogP contribution in [0.3, 0.4) is 0 Å². The van der Waals surface area contributed by atoms with Gasteiger partial charge in [-0.3, -0.25) is 0 Å². The van der Waals surface area contributed by atoms with E-state index in [9.17, 15) is 0 Å². The number of nitriles is 1. The molecule has 0 amide bonds. The van der Waals surface area contributed by atoms with Crippen molar-refractivity contribution >= 4 is 8.58 Å². The highest BCUT2D eigenvalue weighted by atomic mass is 31.1. The van der Waals surface area contributed by atoms with Gasteiger partial charge in [-0.1, -0.05) is 90.4 Å². The Kier molecular flexibility index (Phi) is 17.9. The van der Waals surface area contributed by atoms with Crippen LogP contribution in [0, 0.1) is 11.3 Å². The lowest BCUT2D eigenvalue weighted by Crippen LogP contribution is -1.89. The molecule has 21 heavy (non-hydrogen) atoms. The molecule has 0 saturated carbocycles. The molecule has 2 heteroatoms. The lowest BCUT2D eigenvalue weighted by molar-refractivity contribution is 0.538. The van der Waals surface area contributed by atoms with Gasteiger partial charge >= 0.3 is 0 Å². The van der Waals surface area contributed by atoms with E-state index in [4.69, 9.17) is 5.26 Å². The molecule has 2 atom stereocenters. The van der Waals surface area contributed by atoms with Crippen molar-refractivity contribution in [3.05, 3.63) is 0 Å². The highest BCUT2D eigenvalue weighted by molar-refractivity contribution is 7.39. The van der Waals surface area contributed by atoms with E-state index in [1.807, 2.05) is 6.92 Å². The van der Waals surface area contributed by atoms with Gasteiger partial charge in [0.25, 0.3) is 0 Å². The Morgan fingerprint density at radius 3 is 1.48 bits per heavy atom. The van der Waals surface area contributed by atoms with E-state index in [0.717, 1.165) is 8.58 Å². The summed E-state index contributed by atoms with van der Waals surface area (Å²) in [5.74, 6) is 0. The summed E-state index contributed by atoms with van der Waals surface area (Å²) in [4.78, 5) is 0. The van der Waals surface area contributed by atoms with E-state index in [0.29, 0.717) is 0 Å². The molecule has 0 aromatic rings. The van der Waals surface area contributed by atoms with Gasteiger partial charge in [0.05, 0.1) is 11.7 Å². The molecule has 0 aliphatic heterocycles. The number of hydrogen-bond donors (Lipinski definition) is 0. The van der Waals surface area contributed by atoms with E-state index in [2.05, 4.69) is 13.0 Å². The van der Waals surface area contributed by atoms with Crippen LogP contribution in [0.15, 0.2) is 0 Å². The maximum Gasteiger partial charge on any atom is 0.0697 e. The second kappa shape index (κ2) is 18.0. The van der Waals surface area contributed by atoms with Crippen LogP contribution in [-0.2, 0) is 0 Å². The molecule has 0 N–H and O–H groups in total. The third-order valence-corrected chi connectivity index (χ3v) is 5.56. The van der Waals surface area contributed by atoms with Gasteiger partial charge in [-0.15, -0.1) is 8.58 Å². The Balaban J connectivity index is 2.98. The SMILES string of the molecule is CCCCCCCCCCCCCCCCPC(C)C#N. The van der Waals surface area contributed by atoms with E-state index in [1.165, 1.54) is 96.1 Å². The first-order valence-corrected chi connectivity index (χ1v) is 10.7. The minimum absolute atomic E-state index is 0.284. The van der Waals surface area contributed by atoms with E-state index in [1.54, 1.807) is 0 Å². The summed E-state index contributed by atoms with van der Waals surface area (Å²) < 4.78 is 0. The predicted octanol–water partition coefficient (Wildman–Crippen LogP) is 7.06. The summed E-state index contributed by atoms with van der Waals surface area (Å²) in [6.07, 6.45) is 21.2. The predicted molar refractivity (Wildman–Crippen MR) is 98.6 cm³/mol. The fraction of sp³-hybridized carbons (Fsp3) is 0.947. The van der Waals surface area contributed by atoms with Crippen molar-refractivity contribution in [3.8, 4) is 6.07 Å². The second-order valence-electron chi connectivity index (χ2n) is 6.40. The van der Waals surface area contributed by atoms with Gasteiger partial charge in [0.2, 0.25) is 0 Å². The summed E-state index contributed by atoms with van der Waals surface area (Å²) in [6.45, 7) is 4.33. The maximum atomic E-state index is 8.71. The van der Waals surface area contributed by atoms with Gasteiger partial charge in [-0.25, -0.2) is 0 Å². The molecule has 124 valence electrons. The molecule has 0 aromatic heterocycles. The first-order chi connectivity index (χ1) is 10.3. The number of nitrogens with zero attached hydrogens (tertiary/aromatic N) is 1. The molecule has 0 spiro atoms. The number of unbranched alkanes of at least 4 members (excludes halogenated alkanes) is 13. The van der Waals surface area contributed by atoms with Crippen LogP contribution in [0.1, 0.15) is 104 Å². The first kappa shape index (κ1) is 20.9. The van der Waals surface area contributed by atoms with Gasteiger partial charge in [-0.05, 0) is 19.5 Å². The molecule has 2 unspecified atom stereocenters. The van der Waals surface area contributed by atoms with Crippen LogP contribution in [0.2, 0.25) is 0 Å². The average molecular weight is 311 g/mol. The number of rotatable bonds is 16. The van der Waals surface area contributed by atoms with Crippen molar-refractivity contribution in [3.63, 3.8) is 0 Å². The zero-order valence-electron chi connectivity index (χ0n) is 14.6. The van der Waals surface area contributed by atoms with Gasteiger partial charge in [0.1, 0.15) is 0 Å². The minimum Gasteiger partial charge on any atom is -0.198 e. The molecule has 0 rings (SSSR count). The van der Waals surface area contributed by atoms with E-state index >= 15 is 0 Å². The van der Waals surface area contributed by atoms with Crippen molar-refractivity contribution in [2.75, 3.05) is 6.16 Å². The fourth-order valence-corrected chi connectivity index (χ4v) is 3.66. The summed E-state index contributed by atoms with van der Waals surface area (Å²) in [5, 5.41) is 8.71. The molecule has 0 aliphatic carbocycles. The Labute approximate surface area is 136 Å². The van der Waals surface area contributed by atoms with Gasteiger partial charge in [0, 0.05) is 0 Å². The van der Waals surface area contributed by atoms with Crippen molar-refractivity contribution in [2.24, 2.45) is 0 Å². The molecule has 0 bridgehead atoms. The third-order valence-electron chi connectivity index (χ3n) is 4.17. The zero-order valence-corrected chi connectivity index (χ0v) is 15.6. The second-order valence-corrected chi connectivity index (χ2v) is 8.18. The van der Waals surface area contributed by atoms with E-state index in [-0.39, 0.29) is 5.66 Å². The van der Waals surface area contributed by atoms with Crippen molar-refractivity contribution in [2.45, 2.75) is 109 Å². The van der Waals surface area contributed by atoms with Gasteiger partial charge in [0.15, 0.2) is 0 Å². The third kappa shape index (κ3) is 17.9. The Hall–Kier alpha value is -0.0800. The molecular formula is C19H38NP. The lowest BCUT2D eigenvalue weighted by atomic mass is 10.0. The summed E-state index contributed by atoms with van der Waals surface area (Å²) in [5.41, 5.74) is 0.284. The quantitative estimate of drug-likeness (QED) is 0.221.